The van der Waals surface area contributed by atoms with Crippen LogP contribution in [0.2, 0.25) is 5.02 Å². The summed E-state index contributed by atoms with van der Waals surface area (Å²) in [7, 11) is 0. The second-order valence-electron chi connectivity index (χ2n) is 4.91. The normalized spacial score (nSPS) is 15.1. The molecular formula is C15H15ClN4O. The van der Waals surface area contributed by atoms with Crippen LogP contribution in [0.1, 0.15) is 0 Å². The third kappa shape index (κ3) is 3.13. The molecule has 0 N–H and O–H groups in total. The molecule has 1 fully saturated rings. The summed E-state index contributed by atoms with van der Waals surface area (Å²) in [4.78, 5) is 23.4. The molecule has 0 aliphatic carbocycles. The summed E-state index contributed by atoms with van der Waals surface area (Å²) in [5.74, 6) is 0.707. The van der Waals surface area contributed by atoms with Crippen LogP contribution in [0, 0.1) is 0 Å². The first-order valence-corrected chi connectivity index (χ1v) is 7.16. The zero-order valence-electron chi connectivity index (χ0n) is 11.4. The van der Waals surface area contributed by atoms with Crippen LogP contribution in [0.5, 0.6) is 0 Å². The predicted molar refractivity (Wildman–Crippen MR) is 82.3 cm³/mol. The number of hydrogen-bond donors (Lipinski definition) is 0. The number of halogens is 1. The molecule has 1 aliphatic rings. The Kier molecular flexibility index (Phi) is 4.01. The lowest BCUT2D eigenvalue weighted by Crippen LogP contribution is -2.46. The van der Waals surface area contributed by atoms with Crippen molar-refractivity contribution >= 4 is 24.0 Å². The van der Waals surface area contributed by atoms with E-state index in [4.69, 9.17) is 11.6 Å². The van der Waals surface area contributed by atoms with Crippen molar-refractivity contribution in [3.8, 4) is 11.1 Å². The summed E-state index contributed by atoms with van der Waals surface area (Å²) in [5, 5.41) is 0.712. The topological polar surface area (TPSA) is 49.3 Å². The molecule has 0 saturated carbocycles. The standard InChI is InChI=1S/C15H15ClN4O/c16-14-3-1-12(2-4-14)13-9-17-15(18-10-13)20-7-5-19(11-21)6-8-20/h1-4,9-11H,5-8H2. The van der Waals surface area contributed by atoms with Gasteiger partial charge < -0.3 is 9.80 Å². The van der Waals surface area contributed by atoms with Gasteiger partial charge in [0, 0.05) is 49.2 Å². The number of carbonyl (C=O) groups excluding carboxylic acids is 1. The molecule has 1 aromatic heterocycles. The highest BCUT2D eigenvalue weighted by Crippen LogP contribution is 2.21. The van der Waals surface area contributed by atoms with Gasteiger partial charge in [0.2, 0.25) is 12.4 Å². The lowest BCUT2D eigenvalue weighted by Gasteiger charge is -2.32. The molecule has 1 aromatic carbocycles. The molecule has 108 valence electrons. The molecule has 5 nitrogen and oxygen atoms in total. The Bertz CT molecular complexity index is 607. The number of nitrogens with zero attached hydrogens (tertiary/aromatic N) is 4. The third-order valence-electron chi connectivity index (χ3n) is 3.56. The van der Waals surface area contributed by atoms with Crippen LogP contribution in [-0.4, -0.2) is 47.5 Å². The van der Waals surface area contributed by atoms with E-state index in [0.717, 1.165) is 30.6 Å². The summed E-state index contributed by atoms with van der Waals surface area (Å²) < 4.78 is 0. The number of piperazine rings is 1. The second kappa shape index (κ2) is 6.10. The minimum absolute atomic E-state index is 0.707. The number of benzene rings is 1. The Hall–Kier alpha value is -2.14. The largest absolute Gasteiger partial charge is 0.342 e. The Labute approximate surface area is 128 Å². The molecule has 1 saturated heterocycles. The van der Waals surface area contributed by atoms with Crippen LogP contribution in [-0.2, 0) is 4.79 Å². The SMILES string of the molecule is O=CN1CCN(c2ncc(-c3ccc(Cl)cc3)cn2)CC1. The van der Waals surface area contributed by atoms with Gasteiger partial charge in [-0.25, -0.2) is 9.97 Å². The van der Waals surface area contributed by atoms with Crippen molar-refractivity contribution in [2.24, 2.45) is 0 Å². The molecule has 0 radical (unpaired) electrons. The molecule has 21 heavy (non-hydrogen) atoms. The fourth-order valence-corrected chi connectivity index (χ4v) is 2.43. The van der Waals surface area contributed by atoms with Crippen molar-refractivity contribution in [1.29, 1.82) is 0 Å². The maximum absolute atomic E-state index is 10.7. The van der Waals surface area contributed by atoms with Gasteiger partial charge in [-0.15, -0.1) is 0 Å². The lowest BCUT2D eigenvalue weighted by molar-refractivity contribution is -0.118. The molecule has 0 unspecified atom stereocenters. The monoisotopic (exact) mass is 302 g/mol. The fraction of sp³-hybridized carbons (Fsp3) is 0.267. The van der Waals surface area contributed by atoms with Gasteiger partial charge in [-0.2, -0.15) is 0 Å². The predicted octanol–water partition coefficient (Wildman–Crippen LogP) is 2.08. The molecule has 2 aromatic rings. The Balaban J connectivity index is 1.72. The second-order valence-corrected chi connectivity index (χ2v) is 5.34. The highest BCUT2D eigenvalue weighted by Gasteiger charge is 2.17. The van der Waals surface area contributed by atoms with E-state index in [1.54, 1.807) is 4.90 Å². The van der Waals surface area contributed by atoms with Crippen LogP contribution in [0.3, 0.4) is 0 Å². The first-order valence-electron chi connectivity index (χ1n) is 6.78. The summed E-state index contributed by atoms with van der Waals surface area (Å²) in [6.45, 7) is 2.95. The average molecular weight is 303 g/mol. The van der Waals surface area contributed by atoms with E-state index in [1.807, 2.05) is 36.7 Å². The van der Waals surface area contributed by atoms with Gasteiger partial charge in [0.15, 0.2) is 0 Å². The van der Waals surface area contributed by atoms with E-state index in [-0.39, 0.29) is 0 Å². The van der Waals surface area contributed by atoms with Gasteiger partial charge in [-0.1, -0.05) is 23.7 Å². The highest BCUT2D eigenvalue weighted by atomic mass is 35.5. The first-order chi connectivity index (χ1) is 10.3. The van der Waals surface area contributed by atoms with E-state index in [0.29, 0.717) is 24.1 Å². The summed E-state index contributed by atoms with van der Waals surface area (Å²) in [6.07, 6.45) is 4.52. The van der Waals surface area contributed by atoms with E-state index < -0.39 is 0 Å². The van der Waals surface area contributed by atoms with Gasteiger partial charge in [0.25, 0.3) is 0 Å². The van der Waals surface area contributed by atoms with E-state index in [9.17, 15) is 4.79 Å². The molecule has 0 spiro atoms. The van der Waals surface area contributed by atoms with Crippen molar-refractivity contribution in [3.05, 3.63) is 41.7 Å². The van der Waals surface area contributed by atoms with Crippen molar-refractivity contribution in [1.82, 2.24) is 14.9 Å². The van der Waals surface area contributed by atoms with Gasteiger partial charge >= 0.3 is 0 Å². The number of aromatic nitrogens is 2. The van der Waals surface area contributed by atoms with Crippen molar-refractivity contribution in [2.45, 2.75) is 0 Å². The Morgan fingerprint density at radius 2 is 1.57 bits per heavy atom. The van der Waals surface area contributed by atoms with Crippen molar-refractivity contribution in [3.63, 3.8) is 0 Å². The van der Waals surface area contributed by atoms with E-state index >= 15 is 0 Å². The summed E-state index contributed by atoms with van der Waals surface area (Å²) in [6, 6.07) is 7.60. The summed E-state index contributed by atoms with van der Waals surface area (Å²) in [5.41, 5.74) is 2.00. The van der Waals surface area contributed by atoms with Gasteiger partial charge in [-0.05, 0) is 17.7 Å². The van der Waals surface area contributed by atoms with Gasteiger partial charge in [0.05, 0.1) is 0 Å². The zero-order chi connectivity index (χ0) is 14.7. The van der Waals surface area contributed by atoms with Crippen LogP contribution in [0.4, 0.5) is 5.95 Å². The highest BCUT2D eigenvalue weighted by molar-refractivity contribution is 6.30. The van der Waals surface area contributed by atoms with Crippen molar-refractivity contribution < 1.29 is 4.79 Å². The molecule has 0 atom stereocenters. The van der Waals surface area contributed by atoms with Crippen molar-refractivity contribution in [2.75, 3.05) is 31.1 Å². The maximum Gasteiger partial charge on any atom is 0.225 e. The quantitative estimate of drug-likeness (QED) is 0.815. The minimum Gasteiger partial charge on any atom is -0.342 e. The molecule has 1 aliphatic heterocycles. The number of amides is 1. The molecule has 0 bridgehead atoms. The fourth-order valence-electron chi connectivity index (χ4n) is 2.30. The maximum atomic E-state index is 10.7. The smallest absolute Gasteiger partial charge is 0.225 e. The summed E-state index contributed by atoms with van der Waals surface area (Å²) >= 11 is 5.88. The third-order valence-corrected chi connectivity index (χ3v) is 3.81. The molecular weight excluding hydrogens is 288 g/mol. The van der Waals surface area contributed by atoms with Crippen LogP contribution in [0.15, 0.2) is 36.7 Å². The average Bonchev–Trinajstić information content (AvgIpc) is 2.56. The Morgan fingerprint density at radius 1 is 0.952 bits per heavy atom. The van der Waals surface area contributed by atoms with Crippen LogP contribution >= 0.6 is 11.6 Å². The van der Waals surface area contributed by atoms with E-state index in [2.05, 4.69) is 14.9 Å². The molecule has 2 heterocycles. The number of carbonyl (C=O) groups is 1. The first kappa shape index (κ1) is 13.8. The lowest BCUT2D eigenvalue weighted by atomic mass is 10.1. The van der Waals surface area contributed by atoms with E-state index in [1.165, 1.54) is 0 Å². The number of anilines is 1. The van der Waals surface area contributed by atoms with Gasteiger partial charge in [0.1, 0.15) is 0 Å². The number of rotatable bonds is 3. The Morgan fingerprint density at radius 3 is 2.14 bits per heavy atom. The molecule has 1 amide bonds. The minimum atomic E-state index is 0.707. The number of hydrogen-bond acceptors (Lipinski definition) is 4. The van der Waals surface area contributed by atoms with Crippen LogP contribution in [0.25, 0.3) is 11.1 Å². The molecule has 3 rings (SSSR count). The zero-order valence-corrected chi connectivity index (χ0v) is 12.2. The van der Waals surface area contributed by atoms with Gasteiger partial charge in [-0.3, -0.25) is 4.79 Å². The van der Waals surface area contributed by atoms with Crippen LogP contribution < -0.4 is 4.90 Å². The molecule has 6 heteroatoms.